The number of amides is 1. The van der Waals surface area contributed by atoms with Crippen LogP contribution >= 0.6 is 0 Å². The minimum Gasteiger partial charge on any atom is -0.341 e. The second-order valence-corrected chi connectivity index (χ2v) is 4.53. The van der Waals surface area contributed by atoms with E-state index in [4.69, 9.17) is 0 Å². The number of hydrogen-bond acceptors (Lipinski definition) is 5. The van der Waals surface area contributed by atoms with E-state index in [1.54, 1.807) is 26.1 Å². The van der Waals surface area contributed by atoms with Gasteiger partial charge in [0.25, 0.3) is 11.6 Å². The largest absolute Gasteiger partial charge is 0.341 e. The number of nitro groups is 1. The first kappa shape index (κ1) is 14.6. The van der Waals surface area contributed by atoms with Gasteiger partial charge in [-0.2, -0.15) is 0 Å². The van der Waals surface area contributed by atoms with E-state index in [9.17, 15) is 14.9 Å². The van der Waals surface area contributed by atoms with Crippen molar-refractivity contribution >= 4 is 11.6 Å². The SMILES string of the molecule is CCN(C)C(=O)c1nnn(-c2cccc([N+](=O)[O-])c2)c1C. The lowest BCUT2D eigenvalue weighted by atomic mass is 10.2. The molecule has 8 heteroatoms. The Labute approximate surface area is 121 Å². The lowest BCUT2D eigenvalue weighted by molar-refractivity contribution is -0.384. The third kappa shape index (κ3) is 2.73. The zero-order valence-electron chi connectivity index (χ0n) is 12.0. The molecule has 2 aromatic rings. The highest BCUT2D eigenvalue weighted by Gasteiger charge is 2.20. The van der Waals surface area contributed by atoms with Crippen LogP contribution in [0.1, 0.15) is 23.1 Å². The predicted octanol–water partition coefficient (Wildman–Crippen LogP) is 1.58. The maximum Gasteiger partial charge on any atom is 0.276 e. The molecule has 0 atom stereocenters. The highest BCUT2D eigenvalue weighted by molar-refractivity contribution is 5.93. The van der Waals surface area contributed by atoms with E-state index < -0.39 is 4.92 Å². The van der Waals surface area contributed by atoms with Gasteiger partial charge in [0.05, 0.1) is 16.3 Å². The number of carbonyl (C=O) groups is 1. The van der Waals surface area contributed by atoms with Crippen LogP contribution in [0, 0.1) is 17.0 Å². The molecule has 8 nitrogen and oxygen atoms in total. The summed E-state index contributed by atoms with van der Waals surface area (Å²) >= 11 is 0. The highest BCUT2D eigenvalue weighted by atomic mass is 16.6. The Morgan fingerprint density at radius 2 is 2.19 bits per heavy atom. The topological polar surface area (TPSA) is 94.2 Å². The van der Waals surface area contributed by atoms with Crippen molar-refractivity contribution in [3.63, 3.8) is 0 Å². The molecule has 1 amide bonds. The summed E-state index contributed by atoms with van der Waals surface area (Å²) in [6.07, 6.45) is 0. The Kier molecular flexibility index (Phi) is 3.97. The molecule has 0 spiro atoms. The normalized spacial score (nSPS) is 10.4. The first-order valence-corrected chi connectivity index (χ1v) is 6.38. The van der Waals surface area contributed by atoms with Gasteiger partial charge in [-0.3, -0.25) is 14.9 Å². The van der Waals surface area contributed by atoms with Crippen molar-refractivity contribution in [1.29, 1.82) is 0 Å². The van der Waals surface area contributed by atoms with E-state index in [1.807, 2.05) is 6.92 Å². The van der Waals surface area contributed by atoms with Crippen LogP contribution in [0.2, 0.25) is 0 Å². The number of aromatic nitrogens is 3. The fourth-order valence-electron chi connectivity index (χ4n) is 1.83. The molecule has 0 aliphatic heterocycles. The van der Waals surface area contributed by atoms with Gasteiger partial charge in [-0.15, -0.1) is 5.10 Å². The fourth-order valence-corrected chi connectivity index (χ4v) is 1.83. The Bertz CT molecular complexity index is 695. The molecule has 0 N–H and O–H groups in total. The minimum absolute atomic E-state index is 0.0408. The van der Waals surface area contributed by atoms with Crippen molar-refractivity contribution in [2.45, 2.75) is 13.8 Å². The highest BCUT2D eigenvalue weighted by Crippen LogP contribution is 2.18. The quantitative estimate of drug-likeness (QED) is 0.629. The zero-order valence-corrected chi connectivity index (χ0v) is 12.0. The van der Waals surface area contributed by atoms with Crippen molar-refractivity contribution < 1.29 is 9.72 Å². The van der Waals surface area contributed by atoms with Crippen LogP contribution in [0.15, 0.2) is 24.3 Å². The Morgan fingerprint density at radius 3 is 2.81 bits per heavy atom. The first-order valence-electron chi connectivity index (χ1n) is 6.38. The van der Waals surface area contributed by atoms with Gasteiger partial charge in [0.2, 0.25) is 0 Å². The summed E-state index contributed by atoms with van der Waals surface area (Å²) in [5, 5.41) is 18.6. The molecule has 0 aliphatic carbocycles. The van der Waals surface area contributed by atoms with E-state index in [0.717, 1.165) is 0 Å². The van der Waals surface area contributed by atoms with Gasteiger partial charge in [0, 0.05) is 25.7 Å². The summed E-state index contributed by atoms with van der Waals surface area (Å²) in [5.74, 6) is -0.230. The van der Waals surface area contributed by atoms with Gasteiger partial charge < -0.3 is 4.90 Å². The van der Waals surface area contributed by atoms with E-state index in [1.165, 1.54) is 21.7 Å². The second kappa shape index (κ2) is 5.70. The van der Waals surface area contributed by atoms with Crippen LogP contribution in [0.3, 0.4) is 0 Å². The van der Waals surface area contributed by atoms with E-state index in [2.05, 4.69) is 10.3 Å². The molecular weight excluding hydrogens is 274 g/mol. The predicted molar refractivity (Wildman–Crippen MR) is 75.4 cm³/mol. The maximum atomic E-state index is 12.1. The van der Waals surface area contributed by atoms with Crippen molar-refractivity contribution in [2.75, 3.05) is 13.6 Å². The average molecular weight is 289 g/mol. The van der Waals surface area contributed by atoms with Gasteiger partial charge in [-0.1, -0.05) is 11.3 Å². The monoisotopic (exact) mass is 289 g/mol. The molecule has 1 heterocycles. The van der Waals surface area contributed by atoms with Crippen LogP contribution in [0.5, 0.6) is 0 Å². The summed E-state index contributed by atoms with van der Waals surface area (Å²) in [6, 6.07) is 6.02. The minimum atomic E-state index is -0.479. The third-order valence-electron chi connectivity index (χ3n) is 3.20. The maximum absolute atomic E-state index is 12.1. The summed E-state index contributed by atoms with van der Waals surface area (Å²) in [5.41, 5.74) is 1.24. The molecule has 0 radical (unpaired) electrons. The molecule has 1 aromatic heterocycles. The average Bonchev–Trinajstić information content (AvgIpc) is 2.87. The van der Waals surface area contributed by atoms with Gasteiger partial charge >= 0.3 is 0 Å². The molecular formula is C13H15N5O3. The summed E-state index contributed by atoms with van der Waals surface area (Å²) in [4.78, 5) is 24.0. The molecule has 1 aromatic carbocycles. The lowest BCUT2D eigenvalue weighted by Crippen LogP contribution is -2.27. The Hall–Kier alpha value is -2.77. The number of carbonyl (C=O) groups excluding carboxylic acids is 1. The number of nitro benzene ring substituents is 1. The molecule has 0 bridgehead atoms. The molecule has 21 heavy (non-hydrogen) atoms. The van der Waals surface area contributed by atoms with E-state index in [-0.39, 0.29) is 17.3 Å². The summed E-state index contributed by atoms with van der Waals surface area (Å²) in [6.45, 7) is 4.12. The molecule has 0 aliphatic rings. The number of hydrogen-bond donors (Lipinski definition) is 0. The molecule has 0 saturated carbocycles. The van der Waals surface area contributed by atoms with Gasteiger partial charge in [-0.05, 0) is 19.9 Å². The number of non-ortho nitro benzene ring substituents is 1. The van der Waals surface area contributed by atoms with Crippen LogP contribution in [0.25, 0.3) is 5.69 Å². The smallest absolute Gasteiger partial charge is 0.276 e. The number of nitrogens with zero attached hydrogens (tertiary/aromatic N) is 5. The standard InChI is InChI=1S/C13H15N5O3/c1-4-16(3)13(19)12-9(2)17(15-14-12)10-6-5-7-11(8-10)18(20)21/h5-8H,4H2,1-3H3. The van der Waals surface area contributed by atoms with Gasteiger partial charge in [0.1, 0.15) is 0 Å². The van der Waals surface area contributed by atoms with Crippen LogP contribution < -0.4 is 0 Å². The Morgan fingerprint density at radius 1 is 1.48 bits per heavy atom. The van der Waals surface area contributed by atoms with Crippen molar-refractivity contribution in [1.82, 2.24) is 19.9 Å². The molecule has 0 fully saturated rings. The molecule has 0 unspecified atom stereocenters. The molecule has 0 saturated heterocycles. The first-order chi connectivity index (χ1) is 9.95. The lowest BCUT2D eigenvalue weighted by Gasteiger charge is -2.12. The van der Waals surface area contributed by atoms with Crippen LogP contribution in [-0.2, 0) is 0 Å². The van der Waals surface area contributed by atoms with E-state index >= 15 is 0 Å². The van der Waals surface area contributed by atoms with E-state index in [0.29, 0.717) is 17.9 Å². The van der Waals surface area contributed by atoms with Gasteiger partial charge in [-0.25, -0.2) is 4.68 Å². The number of rotatable bonds is 4. The van der Waals surface area contributed by atoms with Crippen LogP contribution in [0.4, 0.5) is 5.69 Å². The van der Waals surface area contributed by atoms with Crippen molar-refractivity contribution in [2.24, 2.45) is 0 Å². The zero-order chi connectivity index (χ0) is 15.6. The summed E-state index contributed by atoms with van der Waals surface area (Å²) < 4.78 is 1.42. The third-order valence-corrected chi connectivity index (χ3v) is 3.20. The van der Waals surface area contributed by atoms with Crippen molar-refractivity contribution in [3.8, 4) is 5.69 Å². The Balaban J connectivity index is 2.43. The van der Waals surface area contributed by atoms with Gasteiger partial charge in [0.15, 0.2) is 5.69 Å². The fraction of sp³-hybridized carbons (Fsp3) is 0.308. The molecule has 110 valence electrons. The van der Waals surface area contributed by atoms with Crippen LogP contribution in [-0.4, -0.2) is 44.3 Å². The summed E-state index contributed by atoms with van der Waals surface area (Å²) in [7, 11) is 1.67. The van der Waals surface area contributed by atoms with Crippen molar-refractivity contribution in [3.05, 3.63) is 45.8 Å². The second-order valence-electron chi connectivity index (χ2n) is 4.53. The molecule has 2 rings (SSSR count). The number of benzene rings is 1.